The van der Waals surface area contributed by atoms with E-state index in [9.17, 15) is 8.42 Å². The molecular formula is C9H12ClNO3S. The number of hydrogen-bond acceptors (Lipinski definition) is 4. The fraction of sp³-hybridized carbons (Fsp3) is 0.333. The van der Waals surface area contributed by atoms with Gasteiger partial charge in [0.1, 0.15) is 5.25 Å². The first kappa shape index (κ1) is 12.3. The van der Waals surface area contributed by atoms with Gasteiger partial charge in [-0.1, -0.05) is 0 Å². The van der Waals surface area contributed by atoms with E-state index in [0.29, 0.717) is 5.69 Å². The number of sulfone groups is 1. The lowest BCUT2D eigenvalue weighted by Crippen LogP contribution is -2.27. The first-order chi connectivity index (χ1) is 7.02. The lowest BCUT2D eigenvalue weighted by molar-refractivity contribution is 0.296. The second-order valence-electron chi connectivity index (χ2n) is 3.07. The number of nitrogens with two attached hydrogens (primary N) is 1. The molecule has 0 aromatic heterocycles. The van der Waals surface area contributed by atoms with Gasteiger partial charge in [0.15, 0.2) is 9.84 Å². The molecule has 1 aromatic rings. The van der Waals surface area contributed by atoms with Crippen molar-refractivity contribution in [1.29, 1.82) is 0 Å². The fourth-order valence-corrected chi connectivity index (χ4v) is 2.94. The molecule has 1 atom stereocenters. The van der Waals surface area contributed by atoms with E-state index in [1.165, 1.54) is 24.3 Å². The molecular weight excluding hydrogens is 238 g/mol. The van der Waals surface area contributed by atoms with Gasteiger partial charge >= 0.3 is 0 Å². The number of halogens is 1. The van der Waals surface area contributed by atoms with Gasteiger partial charge in [0, 0.05) is 11.6 Å². The van der Waals surface area contributed by atoms with Crippen molar-refractivity contribution >= 4 is 27.1 Å². The fourth-order valence-electron chi connectivity index (χ4n) is 1.08. The average molecular weight is 250 g/mol. The van der Waals surface area contributed by atoms with Crippen LogP contribution >= 0.6 is 11.6 Å². The Balaban J connectivity index is 3.11. The summed E-state index contributed by atoms with van der Waals surface area (Å²) in [7, 11) is -3.56. The summed E-state index contributed by atoms with van der Waals surface area (Å²) >= 11 is 5.47. The van der Waals surface area contributed by atoms with Crippen molar-refractivity contribution in [3.8, 4) is 0 Å². The minimum Gasteiger partial charge on any atom is -0.399 e. The maximum atomic E-state index is 11.8. The van der Waals surface area contributed by atoms with Crippen LogP contribution in [-0.2, 0) is 9.84 Å². The van der Waals surface area contributed by atoms with Crippen molar-refractivity contribution in [1.82, 2.24) is 0 Å². The Labute approximate surface area is 93.6 Å². The predicted molar refractivity (Wildman–Crippen MR) is 59.6 cm³/mol. The maximum Gasteiger partial charge on any atom is 0.184 e. The molecule has 0 bridgehead atoms. The zero-order valence-corrected chi connectivity index (χ0v) is 9.50. The van der Waals surface area contributed by atoms with E-state index in [2.05, 4.69) is 0 Å². The summed E-state index contributed by atoms with van der Waals surface area (Å²) in [5.41, 5.74) is 5.93. The Bertz CT molecular complexity index is 411. The van der Waals surface area contributed by atoms with Gasteiger partial charge in [0.2, 0.25) is 0 Å². The van der Waals surface area contributed by atoms with E-state index in [4.69, 9.17) is 22.4 Å². The Morgan fingerprint density at radius 1 is 1.33 bits per heavy atom. The molecule has 0 aliphatic heterocycles. The summed E-state index contributed by atoms with van der Waals surface area (Å²) in [6.07, 6.45) is 0. The molecule has 0 spiro atoms. The average Bonchev–Trinajstić information content (AvgIpc) is 2.19. The molecule has 1 rings (SSSR count). The third-order valence-corrected chi connectivity index (χ3v) is 4.70. The summed E-state index contributed by atoms with van der Waals surface area (Å²) in [5, 5.41) is 7.92. The lowest BCUT2D eigenvalue weighted by atomic mass is 10.3. The molecule has 0 heterocycles. The van der Waals surface area contributed by atoms with Gasteiger partial charge in [-0.3, -0.25) is 0 Å². The number of aliphatic hydroxyl groups excluding tert-OH is 1. The first-order valence-electron chi connectivity index (χ1n) is 4.28. The Hall–Kier alpha value is -0.780. The zero-order valence-electron chi connectivity index (χ0n) is 7.93. The van der Waals surface area contributed by atoms with Crippen LogP contribution in [0.2, 0.25) is 0 Å². The molecule has 0 fully saturated rings. The molecule has 1 unspecified atom stereocenters. The molecule has 3 N–H and O–H groups in total. The second kappa shape index (κ2) is 4.83. The number of rotatable bonds is 4. The van der Waals surface area contributed by atoms with Gasteiger partial charge < -0.3 is 10.8 Å². The largest absolute Gasteiger partial charge is 0.399 e. The van der Waals surface area contributed by atoms with Crippen molar-refractivity contribution in [2.45, 2.75) is 10.1 Å². The molecule has 0 aliphatic rings. The van der Waals surface area contributed by atoms with Crippen LogP contribution in [0.25, 0.3) is 0 Å². The molecule has 1 aromatic carbocycles. The number of alkyl halides is 1. The highest BCUT2D eigenvalue weighted by molar-refractivity contribution is 7.92. The standard InChI is InChI=1S/C9H12ClNO3S/c10-5-9(6-12)15(13,14)8-3-1-7(11)2-4-8/h1-4,9,12H,5-6,11H2. The second-order valence-corrected chi connectivity index (χ2v) is 5.61. The topological polar surface area (TPSA) is 80.4 Å². The highest BCUT2D eigenvalue weighted by Crippen LogP contribution is 2.18. The van der Waals surface area contributed by atoms with Gasteiger partial charge in [-0.05, 0) is 24.3 Å². The molecule has 0 amide bonds. The van der Waals surface area contributed by atoms with Crippen LogP contribution in [0.4, 0.5) is 5.69 Å². The molecule has 0 aliphatic carbocycles. The molecule has 0 saturated heterocycles. The van der Waals surface area contributed by atoms with Gasteiger partial charge in [-0.15, -0.1) is 11.6 Å². The molecule has 0 saturated carbocycles. The first-order valence-corrected chi connectivity index (χ1v) is 6.36. The Morgan fingerprint density at radius 2 is 1.87 bits per heavy atom. The van der Waals surface area contributed by atoms with Gasteiger partial charge in [-0.25, -0.2) is 8.42 Å². The van der Waals surface area contributed by atoms with Crippen LogP contribution < -0.4 is 5.73 Å². The molecule has 0 radical (unpaired) electrons. The number of nitrogen functional groups attached to an aromatic ring is 1. The number of anilines is 1. The van der Waals surface area contributed by atoms with Crippen LogP contribution in [0.15, 0.2) is 29.2 Å². The predicted octanol–water partition coefficient (Wildman–Crippen LogP) is 0.642. The van der Waals surface area contributed by atoms with Crippen molar-refractivity contribution in [2.75, 3.05) is 18.2 Å². The van der Waals surface area contributed by atoms with Gasteiger partial charge in [0.25, 0.3) is 0 Å². The van der Waals surface area contributed by atoms with Crippen molar-refractivity contribution in [3.05, 3.63) is 24.3 Å². The normalized spacial score (nSPS) is 13.7. The molecule has 84 valence electrons. The van der Waals surface area contributed by atoms with Crippen molar-refractivity contribution < 1.29 is 13.5 Å². The van der Waals surface area contributed by atoms with Gasteiger partial charge in [0.05, 0.1) is 11.5 Å². The van der Waals surface area contributed by atoms with Crippen LogP contribution in [0, 0.1) is 0 Å². The van der Waals surface area contributed by atoms with Crippen molar-refractivity contribution in [2.24, 2.45) is 0 Å². The number of hydrogen-bond donors (Lipinski definition) is 2. The van der Waals surface area contributed by atoms with E-state index in [0.717, 1.165) is 0 Å². The SMILES string of the molecule is Nc1ccc(S(=O)(=O)C(CO)CCl)cc1. The third kappa shape index (κ3) is 2.62. The third-order valence-electron chi connectivity index (χ3n) is 2.02. The maximum absolute atomic E-state index is 11.8. The minimum absolute atomic E-state index is 0.122. The van der Waals surface area contributed by atoms with Gasteiger partial charge in [-0.2, -0.15) is 0 Å². The smallest absolute Gasteiger partial charge is 0.184 e. The number of aliphatic hydroxyl groups is 1. The van der Waals surface area contributed by atoms with E-state index in [-0.39, 0.29) is 10.8 Å². The lowest BCUT2D eigenvalue weighted by Gasteiger charge is -2.12. The Kier molecular flexibility index (Phi) is 3.96. The molecule has 15 heavy (non-hydrogen) atoms. The van der Waals surface area contributed by atoms with E-state index < -0.39 is 21.7 Å². The van der Waals surface area contributed by atoms with Crippen LogP contribution in [0.3, 0.4) is 0 Å². The summed E-state index contributed by atoms with van der Waals surface area (Å²) in [6.45, 7) is -0.490. The molecule has 6 heteroatoms. The molecule has 4 nitrogen and oxygen atoms in total. The Morgan fingerprint density at radius 3 is 2.27 bits per heavy atom. The quantitative estimate of drug-likeness (QED) is 0.606. The highest BCUT2D eigenvalue weighted by Gasteiger charge is 2.25. The van der Waals surface area contributed by atoms with E-state index in [1.54, 1.807) is 0 Å². The van der Waals surface area contributed by atoms with Crippen LogP contribution in [0.1, 0.15) is 0 Å². The van der Waals surface area contributed by atoms with E-state index in [1.807, 2.05) is 0 Å². The number of benzene rings is 1. The monoisotopic (exact) mass is 249 g/mol. The summed E-state index contributed by atoms with van der Waals surface area (Å²) in [4.78, 5) is 0.122. The minimum atomic E-state index is -3.56. The summed E-state index contributed by atoms with van der Waals surface area (Å²) in [5.74, 6) is -0.136. The zero-order chi connectivity index (χ0) is 11.5. The summed E-state index contributed by atoms with van der Waals surface area (Å²) in [6, 6.07) is 5.80. The van der Waals surface area contributed by atoms with Crippen molar-refractivity contribution in [3.63, 3.8) is 0 Å². The van der Waals surface area contributed by atoms with E-state index >= 15 is 0 Å². The highest BCUT2D eigenvalue weighted by atomic mass is 35.5. The summed E-state index contributed by atoms with van der Waals surface area (Å²) < 4.78 is 23.6. The van der Waals surface area contributed by atoms with Crippen LogP contribution in [0.5, 0.6) is 0 Å². The van der Waals surface area contributed by atoms with Crippen LogP contribution in [-0.4, -0.2) is 31.3 Å².